The smallest absolute Gasteiger partial charge is 0.416 e. The van der Waals surface area contributed by atoms with Gasteiger partial charge in [0.1, 0.15) is 12.0 Å². The summed E-state index contributed by atoms with van der Waals surface area (Å²) in [6.07, 6.45) is 0.0279. The Balaban J connectivity index is 0.000000534. The Bertz CT molecular complexity index is 858. The average molecular weight is 545 g/mol. The standard InChI is InChI=1S/C12H16O4.C7H5F3O.C5H13N.C4H9N/c1-14-6-3-7-16-12-8-10(9-13)4-5-11(12)15-2;8-7(9,10)5-1-3-6(11)4-2-5;1-5(2)6(3)4;1-2-4-5-3-1/h4-5,8-9H,3,6-7H2,1-2H3;1-4,11H;5H,1-4H3;5H,1-4H2. The summed E-state index contributed by atoms with van der Waals surface area (Å²) >= 11 is 0. The molecule has 2 N–H and O–H groups in total. The van der Waals surface area contributed by atoms with Crippen molar-refractivity contribution < 1.29 is 37.3 Å². The van der Waals surface area contributed by atoms with Crippen LogP contribution >= 0.6 is 0 Å². The van der Waals surface area contributed by atoms with E-state index in [-0.39, 0.29) is 5.75 Å². The molecule has 0 saturated carbocycles. The van der Waals surface area contributed by atoms with Gasteiger partial charge in [-0.15, -0.1) is 0 Å². The molecular weight excluding hydrogens is 501 g/mol. The van der Waals surface area contributed by atoms with Crippen LogP contribution in [-0.2, 0) is 10.9 Å². The molecule has 0 amide bonds. The molecule has 1 heterocycles. The lowest BCUT2D eigenvalue weighted by atomic mass is 10.2. The van der Waals surface area contributed by atoms with E-state index in [0.717, 1.165) is 37.0 Å². The van der Waals surface area contributed by atoms with E-state index in [1.165, 1.54) is 25.9 Å². The molecule has 0 aromatic heterocycles. The van der Waals surface area contributed by atoms with E-state index >= 15 is 0 Å². The fraction of sp³-hybridized carbons (Fsp3) is 0.536. The second-order valence-electron chi connectivity index (χ2n) is 8.78. The summed E-state index contributed by atoms with van der Waals surface area (Å²) in [5.41, 5.74) is -0.183. The Morgan fingerprint density at radius 3 is 1.97 bits per heavy atom. The predicted octanol–water partition coefficient (Wildman–Crippen LogP) is 5.66. The number of nitrogens with zero attached hydrogens (tertiary/aromatic N) is 1. The molecule has 0 atom stereocenters. The molecule has 0 unspecified atom stereocenters. The summed E-state index contributed by atoms with van der Waals surface area (Å²) in [6, 6.07) is 9.42. The first kappa shape index (κ1) is 35.2. The van der Waals surface area contributed by atoms with Gasteiger partial charge in [0.05, 0.1) is 19.3 Å². The maximum absolute atomic E-state index is 11.8. The van der Waals surface area contributed by atoms with Gasteiger partial charge in [0, 0.05) is 31.7 Å². The molecule has 2 aromatic carbocycles. The predicted molar refractivity (Wildman–Crippen MR) is 144 cm³/mol. The summed E-state index contributed by atoms with van der Waals surface area (Å²) in [6.45, 7) is 8.02. The van der Waals surface area contributed by atoms with Crippen LogP contribution in [0, 0.1) is 0 Å². The van der Waals surface area contributed by atoms with Gasteiger partial charge in [0.2, 0.25) is 0 Å². The number of phenolic OH excluding ortho intramolecular Hbond substituents is 1. The third-order valence-corrected chi connectivity index (χ3v) is 5.26. The lowest BCUT2D eigenvalue weighted by molar-refractivity contribution is -0.137. The van der Waals surface area contributed by atoms with E-state index in [0.29, 0.717) is 36.3 Å². The number of alkyl halides is 3. The van der Waals surface area contributed by atoms with Crippen LogP contribution in [0.3, 0.4) is 0 Å². The summed E-state index contributed by atoms with van der Waals surface area (Å²) in [4.78, 5) is 12.8. The van der Waals surface area contributed by atoms with Crippen LogP contribution in [0.25, 0.3) is 0 Å². The zero-order valence-corrected chi connectivity index (χ0v) is 23.3. The van der Waals surface area contributed by atoms with Gasteiger partial charge in [-0.1, -0.05) is 0 Å². The average Bonchev–Trinajstić information content (AvgIpc) is 3.47. The van der Waals surface area contributed by atoms with Gasteiger partial charge in [-0.3, -0.25) is 4.79 Å². The van der Waals surface area contributed by atoms with Gasteiger partial charge in [-0.05, 0) is 96.3 Å². The molecule has 1 saturated heterocycles. The number of methoxy groups -OCH3 is 2. The van der Waals surface area contributed by atoms with Gasteiger partial charge in [-0.25, -0.2) is 0 Å². The molecular formula is C28H43F3N2O5. The van der Waals surface area contributed by atoms with Crippen LogP contribution in [0.1, 0.15) is 49.0 Å². The lowest BCUT2D eigenvalue weighted by Gasteiger charge is -2.12. The number of aldehydes is 1. The number of nitrogens with one attached hydrogen (secondary N) is 1. The summed E-state index contributed by atoms with van der Waals surface area (Å²) in [7, 11) is 7.36. The molecule has 1 aliphatic rings. The van der Waals surface area contributed by atoms with E-state index in [1.54, 1.807) is 32.4 Å². The highest BCUT2D eigenvalue weighted by Gasteiger charge is 2.29. The topological polar surface area (TPSA) is 80.3 Å². The van der Waals surface area contributed by atoms with Crippen molar-refractivity contribution in [3.63, 3.8) is 0 Å². The monoisotopic (exact) mass is 544 g/mol. The first-order chi connectivity index (χ1) is 18.0. The fourth-order valence-corrected chi connectivity index (χ4v) is 2.54. The highest BCUT2D eigenvalue weighted by Crippen LogP contribution is 2.30. The quantitative estimate of drug-likeness (QED) is 0.328. The van der Waals surface area contributed by atoms with Crippen LogP contribution in [0.15, 0.2) is 42.5 Å². The van der Waals surface area contributed by atoms with Crippen molar-refractivity contribution in [1.29, 1.82) is 0 Å². The number of carbonyl (C=O) groups is 1. The van der Waals surface area contributed by atoms with Crippen molar-refractivity contribution in [3.05, 3.63) is 53.6 Å². The molecule has 1 fully saturated rings. The summed E-state index contributed by atoms with van der Waals surface area (Å²) < 4.78 is 51.1. The minimum atomic E-state index is -4.33. The first-order valence-corrected chi connectivity index (χ1v) is 12.4. The van der Waals surface area contributed by atoms with Crippen molar-refractivity contribution in [2.75, 3.05) is 54.6 Å². The minimum Gasteiger partial charge on any atom is -0.508 e. The molecule has 10 heteroatoms. The molecule has 0 bridgehead atoms. The molecule has 1 aliphatic heterocycles. The van der Waals surface area contributed by atoms with E-state index in [1.807, 2.05) is 0 Å². The van der Waals surface area contributed by atoms with Crippen molar-refractivity contribution in [1.82, 2.24) is 10.2 Å². The normalized spacial score (nSPS) is 12.4. The van der Waals surface area contributed by atoms with Crippen LogP contribution in [-0.4, -0.2) is 77.0 Å². The third kappa shape index (κ3) is 16.8. The Kier molecular flexibility index (Phi) is 18.7. The van der Waals surface area contributed by atoms with Gasteiger partial charge in [-0.2, -0.15) is 13.2 Å². The van der Waals surface area contributed by atoms with Gasteiger partial charge in [0.25, 0.3) is 0 Å². The summed E-state index contributed by atoms with van der Waals surface area (Å²) in [5, 5.41) is 11.9. The van der Waals surface area contributed by atoms with Gasteiger partial charge in [0.15, 0.2) is 11.5 Å². The molecule has 0 radical (unpaired) electrons. The zero-order chi connectivity index (χ0) is 29.0. The number of hydrogen-bond acceptors (Lipinski definition) is 7. The minimum absolute atomic E-state index is 0.169. The molecule has 216 valence electrons. The number of benzene rings is 2. The molecule has 38 heavy (non-hydrogen) atoms. The number of carbonyl (C=O) groups excluding carboxylic acids is 1. The lowest BCUT2D eigenvalue weighted by Crippen LogP contribution is -2.20. The van der Waals surface area contributed by atoms with Crippen molar-refractivity contribution in [3.8, 4) is 17.2 Å². The van der Waals surface area contributed by atoms with Crippen molar-refractivity contribution >= 4 is 6.29 Å². The summed E-state index contributed by atoms with van der Waals surface area (Å²) in [5.74, 6) is 1.05. The molecule has 7 nitrogen and oxygen atoms in total. The van der Waals surface area contributed by atoms with Gasteiger partial charge >= 0.3 is 6.18 Å². The maximum atomic E-state index is 11.8. The molecule has 3 rings (SSSR count). The van der Waals surface area contributed by atoms with E-state index < -0.39 is 11.7 Å². The number of phenols is 1. The SMILES string of the molecule is C1CCNC1.CC(C)N(C)C.COCCCOc1cc(C=O)ccc1OC.Oc1ccc(C(F)(F)F)cc1. The second kappa shape index (κ2) is 20.2. The number of rotatable bonds is 8. The number of hydrogen-bond donors (Lipinski definition) is 2. The van der Waals surface area contributed by atoms with E-state index in [2.05, 4.69) is 38.2 Å². The van der Waals surface area contributed by atoms with Crippen molar-refractivity contribution in [2.45, 2.75) is 45.3 Å². The maximum Gasteiger partial charge on any atom is 0.416 e. The third-order valence-electron chi connectivity index (χ3n) is 5.26. The number of halogens is 3. The highest BCUT2D eigenvalue weighted by molar-refractivity contribution is 5.76. The molecule has 0 spiro atoms. The second-order valence-corrected chi connectivity index (χ2v) is 8.78. The highest BCUT2D eigenvalue weighted by atomic mass is 19.4. The Labute approximate surface area is 224 Å². The Hall–Kier alpha value is -2.82. The fourth-order valence-electron chi connectivity index (χ4n) is 2.54. The zero-order valence-electron chi connectivity index (χ0n) is 23.3. The largest absolute Gasteiger partial charge is 0.508 e. The van der Waals surface area contributed by atoms with E-state index in [4.69, 9.17) is 19.3 Å². The first-order valence-electron chi connectivity index (χ1n) is 12.4. The number of aromatic hydroxyl groups is 1. The Morgan fingerprint density at radius 1 is 1.00 bits per heavy atom. The number of ether oxygens (including phenoxy) is 3. The van der Waals surface area contributed by atoms with Crippen molar-refractivity contribution in [2.24, 2.45) is 0 Å². The van der Waals surface area contributed by atoms with Crippen LogP contribution < -0.4 is 14.8 Å². The molecule has 0 aliphatic carbocycles. The van der Waals surface area contributed by atoms with E-state index in [9.17, 15) is 18.0 Å². The van der Waals surface area contributed by atoms with Crippen LogP contribution in [0.5, 0.6) is 17.2 Å². The van der Waals surface area contributed by atoms with Gasteiger partial charge < -0.3 is 29.5 Å². The molecule has 2 aromatic rings. The van der Waals surface area contributed by atoms with Crippen LogP contribution in [0.2, 0.25) is 0 Å². The Morgan fingerprint density at radius 2 is 1.58 bits per heavy atom. The van der Waals surface area contributed by atoms with Crippen LogP contribution in [0.4, 0.5) is 13.2 Å².